The van der Waals surface area contributed by atoms with Crippen molar-refractivity contribution in [3.8, 4) is 0 Å². The highest BCUT2D eigenvalue weighted by molar-refractivity contribution is 5.96. The van der Waals surface area contributed by atoms with E-state index in [0.29, 0.717) is 0 Å². The maximum atomic E-state index is 14.1. The molecule has 0 spiro atoms. The molecule has 2 aromatic carbocycles. The monoisotopic (exact) mass is 333 g/mol. The van der Waals surface area contributed by atoms with Gasteiger partial charge in [-0.2, -0.15) is 0 Å². The molecule has 126 valence electrons. The summed E-state index contributed by atoms with van der Waals surface area (Å²) in [7, 11) is 0. The minimum atomic E-state index is -1.11. The quantitative estimate of drug-likeness (QED) is 0.793. The van der Waals surface area contributed by atoms with E-state index < -0.39 is 29.0 Å². The van der Waals surface area contributed by atoms with Gasteiger partial charge < -0.3 is 16.4 Å². The Hall–Kier alpha value is -2.96. The Morgan fingerprint density at radius 3 is 2.33 bits per heavy atom. The lowest BCUT2D eigenvalue weighted by atomic mass is 10.1. The second kappa shape index (κ2) is 7.54. The summed E-state index contributed by atoms with van der Waals surface area (Å²) < 4.78 is 28.1. The van der Waals surface area contributed by atoms with Gasteiger partial charge in [0.2, 0.25) is 5.91 Å². The molecule has 0 aromatic heterocycles. The van der Waals surface area contributed by atoms with Crippen LogP contribution in [0.25, 0.3) is 0 Å². The van der Waals surface area contributed by atoms with Crippen molar-refractivity contribution < 1.29 is 18.4 Å². The van der Waals surface area contributed by atoms with E-state index in [-0.39, 0.29) is 25.2 Å². The van der Waals surface area contributed by atoms with E-state index in [1.807, 2.05) is 0 Å². The van der Waals surface area contributed by atoms with Crippen molar-refractivity contribution in [2.45, 2.75) is 13.0 Å². The standard InChI is InChI=1S/C17H17F2N3O2/c18-12-6-7-13(20)16(19)15(12)17(24)22(9-8-14(21)23)10-11-4-2-1-3-5-11/h1-7H,8-10,20H2,(H2,21,23). The number of rotatable bonds is 6. The van der Waals surface area contributed by atoms with Crippen molar-refractivity contribution in [2.24, 2.45) is 5.73 Å². The molecule has 0 unspecified atom stereocenters. The Morgan fingerprint density at radius 1 is 1.04 bits per heavy atom. The third-order valence-corrected chi connectivity index (χ3v) is 3.47. The highest BCUT2D eigenvalue weighted by atomic mass is 19.1. The van der Waals surface area contributed by atoms with Crippen LogP contribution in [-0.2, 0) is 11.3 Å². The number of amides is 2. The third kappa shape index (κ3) is 4.07. The zero-order valence-electron chi connectivity index (χ0n) is 12.8. The van der Waals surface area contributed by atoms with Crippen LogP contribution in [-0.4, -0.2) is 23.3 Å². The Labute approximate surface area is 137 Å². The molecular formula is C17H17F2N3O2. The van der Waals surface area contributed by atoms with Gasteiger partial charge in [0.15, 0.2) is 5.82 Å². The zero-order valence-corrected chi connectivity index (χ0v) is 12.8. The van der Waals surface area contributed by atoms with E-state index in [9.17, 15) is 18.4 Å². The third-order valence-electron chi connectivity index (χ3n) is 3.47. The number of hydrogen-bond donors (Lipinski definition) is 2. The molecule has 0 saturated heterocycles. The van der Waals surface area contributed by atoms with Gasteiger partial charge >= 0.3 is 0 Å². The van der Waals surface area contributed by atoms with Crippen LogP contribution in [0, 0.1) is 11.6 Å². The minimum Gasteiger partial charge on any atom is -0.396 e. The maximum Gasteiger partial charge on any atom is 0.260 e. The Morgan fingerprint density at radius 2 is 1.71 bits per heavy atom. The minimum absolute atomic E-state index is 0.0588. The number of halogens is 2. The maximum absolute atomic E-state index is 14.1. The fourth-order valence-corrected chi connectivity index (χ4v) is 2.22. The van der Waals surface area contributed by atoms with Crippen LogP contribution in [0.2, 0.25) is 0 Å². The first-order valence-corrected chi connectivity index (χ1v) is 7.25. The van der Waals surface area contributed by atoms with Crippen molar-refractivity contribution in [1.82, 2.24) is 4.90 Å². The fraction of sp³-hybridized carbons (Fsp3) is 0.176. The van der Waals surface area contributed by atoms with Crippen LogP contribution in [0.3, 0.4) is 0 Å². The first-order chi connectivity index (χ1) is 11.4. The van der Waals surface area contributed by atoms with Gasteiger partial charge in [-0.25, -0.2) is 8.78 Å². The number of nitrogens with zero attached hydrogens (tertiary/aromatic N) is 1. The molecule has 24 heavy (non-hydrogen) atoms. The lowest BCUT2D eigenvalue weighted by Crippen LogP contribution is -2.35. The molecule has 2 rings (SSSR count). The Balaban J connectivity index is 2.34. The first kappa shape index (κ1) is 17.4. The molecule has 5 nitrogen and oxygen atoms in total. The summed E-state index contributed by atoms with van der Waals surface area (Å²) in [4.78, 5) is 24.8. The van der Waals surface area contributed by atoms with Gasteiger partial charge in [-0.05, 0) is 17.7 Å². The molecule has 0 fully saturated rings. The molecule has 0 aliphatic rings. The molecule has 0 aliphatic carbocycles. The molecule has 0 bridgehead atoms. The number of primary amides is 1. The average Bonchev–Trinajstić information content (AvgIpc) is 2.56. The Bertz CT molecular complexity index is 751. The topological polar surface area (TPSA) is 89.4 Å². The van der Waals surface area contributed by atoms with E-state index in [1.165, 1.54) is 4.90 Å². The average molecular weight is 333 g/mol. The number of hydrogen-bond acceptors (Lipinski definition) is 3. The van der Waals surface area contributed by atoms with Crippen LogP contribution >= 0.6 is 0 Å². The number of anilines is 1. The number of carbonyl (C=O) groups is 2. The molecule has 2 aromatic rings. The van der Waals surface area contributed by atoms with Gasteiger partial charge in [0.25, 0.3) is 5.91 Å². The second-order valence-electron chi connectivity index (χ2n) is 5.25. The van der Waals surface area contributed by atoms with E-state index in [1.54, 1.807) is 30.3 Å². The van der Waals surface area contributed by atoms with E-state index >= 15 is 0 Å². The summed E-state index contributed by atoms with van der Waals surface area (Å²) in [5.74, 6) is -3.63. The van der Waals surface area contributed by atoms with Crippen molar-refractivity contribution in [3.05, 3.63) is 65.2 Å². The molecule has 2 amide bonds. The van der Waals surface area contributed by atoms with Gasteiger partial charge in [-0.3, -0.25) is 9.59 Å². The van der Waals surface area contributed by atoms with Gasteiger partial charge in [0, 0.05) is 19.5 Å². The van der Waals surface area contributed by atoms with Crippen LogP contribution in [0.1, 0.15) is 22.3 Å². The summed E-state index contributed by atoms with van der Waals surface area (Å²) in [6.45, 7) is 0.0252. The van der Waals surface area contributed by atoms with Gasteiger partial charge in [0.1, 0.15) is 11.4 Å². The van der Waals surface area contributed by atoms with Crippen LogP contribution in [0.15, 0.2) is 42.5 Å². The van der Waals surface area contributed by atoms with Crippen molar-refractivity contribution >= 4 is 17.5 Å². The van der Waals surface area contributed by atoms with Crippen molar-refractivity contribution in [3.63, 3.8) is 0 Å². The Kier molecular flexibility index (Phi) is 5.47. The van der Waals surface area contributed by atoms with Crippen molar-refractivity contribution in [1.29, 1.82) is 0 Å². The largest absolute Gasteiger partial charge is 0.396 e. The molecule has 0 saturated carbocycles. The normalized spacial score (nSPS) is 10.4. The summed E-state index contributed by atoms with van der Waals surface area (Å²) in [5.41, 5.74) is 10.2. The molecule has 0 heterocycles. The summed E-state index contributed by atoms with van der Waals surface area (Å²) in [5, 5.41) is 0. The second-order valence-corrected chi connectivity index (χ2v) is 5.25. The van der Waals surface area contributed by atoms with E-state index in [0.717, 1.165) is 17.7 Å². The molecule has 0 aliphatic heterocycles. The number of benzene rings is 2. The summed E-state index contributed by atoms with van der Waals surface area (Å²) in [6.07, 6.45) is -0.121. The predicted octanol–water partition coefficient (Wildman–Crippen LogP) is 2.06. The molecule has 0 radical (unpaired) electrons. The molecule has 0 atom stereocenters. The molecular weight excluding hydrogens is 316 g/mol. The van der Waals surface area contributed by atoms with Crippen LogP contribution < -0.4 is 11.5 Å². The zero-order chi connectivity index (χ0) is 17.7. The summed E-state index contributed by atoms with van der Waals surface area (Å²) >= 11 is 0. The highest BCUT2D eigenvalue weighted by Crippen LogP contribution is 2.21. The van der Waals surface area contributed by atoms with Crippen molar-refractivity contribution in [2.75, 3.05) is 12.3 Å². The lowest BCUT2D eigenvalue weighted by molar-refractivity contribution is -0.118. The lowest BCUT2D eigenvalue weighted by Gasteiger charge is -2.23. The predicted molar refractivity (Wildman–Crippen MR) is 85.8 cm³/mol. The van der Waals surface area contributed by atoms with Crippen LogP contribution in [0.5, 0.6) is 0 Å². The molecule has 4 N–H and O–H groups in total. The van der Waals surface area contributed by atoms with E-state index in [2.05, 4.69) is 0 Å². The van der Waals surface area contributed by atoms with Gasteiger partial charge in [-0.1, -0.05) is 30.3 Å². The smallest absolute Gasteiger partial charge is 0.260 e. The van der Waals surface area contributed by atoms with E-state index in [4.69, 9.17) is 11.5 Å². The van der Waals surface area contributed by atoms with Gasteiger partial charge in [0.05, 0.1) is 5.69 Å². The SMILES string of the molecule is NC(=O)CCN(Cc1ccccc1)C(=O)c1c(F)ccc(N)c1F. The van der Waals surface area contributed by atoms with Gasteiger partial charge in [-0.15, -0.1) is 0 Å². The first-order valence-electron chi connectivity index (χ1n) is 7.25. The van der Waals surface area contributed by atoms with Crippen LogP contribution in [0.4, 0.5) is 14.5 Å². The fourth-order valence-electron chi connectivity index (χ4n) is 2.22. The number of nitrogen functional groups attached to an aromatic ring is 1. The molecule has 7 heteroatoms. The summed E-state index contributed by atoms with van der Waals surface area (Å²) in [6, 6.07) is 10.8. The highest BCUT2D eigenvalue weighted by Gasteiger charge is 2.25. The number of carbonyl (C=O) groups excluding carboxylic acids is 2. The number of nitrogens with two attached hydrogens (primary N) is 2.